The van der Waals surface area contributed by atoms with Crippen molar-refractivity contribution in [3.05, 3.63) is 206 Å². The highest BCUT2D eigenvalue weighted by atomic mass is 16.3. The molecule has 0 unspecified atom stereocenters. The summed E-state index contributed by atoms with van der Waals surface area (Å²) in [4.78, 5) is 14.8. The molecular formula is C57H34N4O2. The van der Waals surface area contributed by atoms with Crippen LogP contribution in [0.1, 0.15) is 0 Å². The van der Waals surface area contributed by atoms with Crippen molar-refractivity contribution in [3.8, 4) is 62.1 Å². The molecule has 0 spiro atoms. The SMILES string of the molecule is c1ccc(-c2nc(-c3ccccc3)nc(-c3ccc(-c4cccc5oc6ccc(-c7ccc8c(c7)c7c9oc%10ccccc%10c9ccc7n8-c7ccccc7)cc6c45)cc3)n2)cc1. The predicted molar refractivity (Wildman–Crippen MR) is 256 cm³/mol. The van der Waals surface area contributed by atoms with Crippen LogP contribution in [0, 0.1) is 0 Å². The van der Waals surface area contributed by atoms with Gasteiger partial charge in [0.05, 0.1) is 16.4 Å². The predicted octanol–water partition coefficient (Wildman–Crippen LogP) is 15.1. The lowest BCUT2D eigenvalue weighted by atomic mass is 9.96. The van der Waals surface area contributed by atoms with Crippen LogP contribution in [0.25, 0.3) is 128 Å². The van der Waals surface area contributed by atoms with Crippen molar-refractivity contribution in [2.45, 2.75) is 0 Å². The molecular weight excluding hydrogens is 773 g/mol. The fourth-order valence-corrected chi connectivity index (χ4v) is 9.30. The van der Waals surface area contributed by atoms with Crippen molar-refractivity contribution in [3.63, 3.8) is 0 Å². The molecule has 63 heavy (non-hydrogen) atoms. The first-order valence-electron chi connectivity index (χ1n) is 21.1. The average molecular weight is 807 g/mol. The van der Waals surface area contributed by atoms with Gasteiger partial charge in [-0.3, -0.25) is 0 Å². The topological polar surface area (TPSA) is 69.9 Å². The Morgan fingerprint density at radius 3 is 1.57 bits per heavy atom. The molecule has 0 amide bonds. The lowest BCUT2D eigenvalue weighted by molar-refractivity contribution is 0.669. The maximum Gasteiger partial charge on any atom is 0.164 e. The third-order valence-electron chi connectivity index (χ3n) is 12.3. The van der Waals surface area contributed by atoms with E-state index in [0.29, 0.717) is 17.5 Å². The van der Waals surface area contributed by atoms with Gasteiger partial charge < -0.3 is 13.4 Å². The third-order valence-corrected chi connectivity index (χ3v) is 12.3. The monoisotopic (exact) mass is 806 g/mol. The average Bonchev–Trinajstić information content (AvgIpc) is 4.04. The molecule has 0 aliphatic heterocycles. The van der Waals surface area contributed by atoms with E-state index in [1.165, 1.54) is 0 Å². The van der Waals surface area contributed by atoms with E-state index < -0.39 is 0 Å². The Hall–Kier alpha value is -8.61. The molecule has 0 saturated heterocycles. The second kappa shape index (κ2) is 14.0. The van der Waals surface area contributed by atoms with Gasteiger partial charge in [-0.1, -0.05) is 146 Å². The Morgan fingerprint density at radius 2 is 0.857 bits per heavy atom. The first kappa shape index (κ1) is 35.2. The van der Waals surface area contributed by atoms with Crippen molar-refractivity contribution in [2.24, 2.45) is 0 Å². The molecule has 6 nitrogen and oxygen atoms in total. The van der Waals surface area contributed by atoms with Gasteiger partial charge in [0.15, 0.2) is 17.5 Å². The molecule has 0 atom stereocenters. The van der Waals surface area contributed by atoms with Crippen LogP contribution in [0.5, 0.6) is 0 Å². The molecule has 0 fully saturated rings. The summed E-state index contributed by atoms with van der Waals surface area (Å²) in [5.74, 6) is 1.89. The van der Waals surface area contributed by atoms with Gasteiger partial charge in [0, 0.05) is 49.3 Å². The van der Waals surface area contributed by atoms with Crippen LogP contribution in [0.3, 0.4) is 0 Å². The Balaban J connectivity index is 0.937. The van der Waals surface area contributed by atoms with Crippen LogP contribution in [-0.4, -0.2) is 19.5 Å². The largest absolute Gasteiger partial charge is 0.456 e. The number of para-hydroxylation sites is 2. The van der Waals surface area contributed by atoms with Gasteiger partial charge in [0.2, 0.25) is 0 Å². The van der Waals surface area contributed by atoms with Crippen LogP contribution in [0.15, 0.2) is 215 Å². The first-order valence-corrected chi connectivity index (χ1v) is 21.1. The lowest BCUT2D eigenvalue weighted by Crippen LogP contribution is -2.00. The zero-order chi connectivity index (χ0) is 41.4. The molecule has 13 aromatic rings. The first-order chi connectivity index (χ1) is 31.2. The number of nitrogens with zero attached hydrogens (tertiary/aromatic N) is 4. The van der Waals surface area contributed by atoms with E-state index >= 15 is 0 Å². The van der Waals surface area contributed by atoms with Gasteiger partial charge in [-0.25, -0.2) is 15.0 Å². The number of rotatable bonds is 6. The molecule has 13 rings (SSSR count). The summed E-state index contributed by atoms with van der Waals surface area (Å²) in [6, 6.07) is 71.5. The molecule has 0 N–H and O–H groups in total. The van der Waals surface area contributed by atoms with Gasteiger partial charge in [0.1, 0.15) is 22.3 Å². The molecule has 4 aromatic heterocycles. The van der Waals surface area contributed by atoms with E-state index in [9.17, 15) is 0 Å². The van der Waals surface area contributed by atoms with Gasteiger partial charge in [0.25, 0.3) is 0 Å². The molecule has 6 heteroatoms. The fraction of sp³-hybridized carbons (Fsp3) is 0. The summed E-state index contributed by atoms with van der Waals surface area (Å²) in [5.41, 5.74) is 14.0. The number of hydrogen-bond acceptors (Lipinski definition) is 5. The maximum atomic E-state index is 6.66. The number of fused-ring (bicyclic) bond motifs is 10. The van der Waals surface area contributed by atoms with Crippen molar-refractivity contribution >= 4 is 65.7 Å². The Kier molecular flexibility index (Phi) is 7.80. The van der Waals surface area contributed by atoms with Crippen molar-refractivity contribution in [2.75, 3.05) is 0 Å². The minimum Gasteiger partial charge on any atom is -0.456 e. The Labute approximate surface area is 361 Å². The van der Waals surface area contributed by atoms with Gasteiger partial charge in [-0.15, -0.1) is 0 Å². The minimum atomic E-state index is 0.621. The number of furan rings is 2. The van der Waals surface area contributed by atoms with Crippen molar-refractivity contribution in [1.29, 1.82) is 0 Å². The van der Waals surface area contributed by atoms with E-state index in [0.717, 1.165) is 110 Å². The van der Waals surface area contributed by atoms with Crippen LogP contribution in [0.4, 0.5) is 0 Å². The fourth-order valence-electron chi connectivity index (χ4n) is 9.30. The number of hydrogen-bond donors (Lipinski definition) is 0. The van der Waals surface area contributed by atoms with Crippen LogP contribution < -0.4 is 0 Å². The van der Waals surface area contributed by atoms with Crippen molar-refractivity contribution in [1.82, 2.24) is 19.5 Å². The minimum absolute atomic E-state index is 0.621. The van der Waals surface area contributed by atoms with Gasteiger partial charge in [-0.05, 0) is 82.9 Å². The molecule has 0 aliphatic carbocycles. The number of aromatic nitrogens is 4. The smallest absolute Gasteiger partial charge is 0.164 e. The summed E-state index contributed by atoms with van der Waals surface area (Å²) >= 11 is 0. The van der Waals surface area contributed by atoms with Crippen LogP contribution in [0.2, 0.25) is 0 Å². The highest BCUT2D eigenvalue weighted by molar-refractivity contribution is 6.24. The zero-order valence-electron chi connectivity index (χ0n) is 33.7. The normalized spacial score (nSPS) is 11.8. The molecule has 0 bridgehead atoms. The summed E-state index contributed by atoms with van der Waals surface area (Å²) in [5, 5.41) is 6.61. The summed E-state index contributed by atoms with van der Waals surface area (Å²) < 4.78 is 15.5. The van der Waals surface area contributed by atoms with Gasteiger partial charge in [-0.2, -0.15) is 0 Å². The second-order valence-electron chi connectivity index (χ2n) is 15.9. The molecule has 4 heterocycles. The molecule has 0 radical (unpaired) electrons. The molecule has 9 aromatic carbocycles. The van der Waals surface area contributed by atoms with E-state index in [1.807, 2.05) is 66.7 Å². The molecule has 0 saturated carbocycles. The van der Waals surface area contributed by atoms with E-state index in [1.54, 1.807) is 0 Å². The van der Waals surface area contributed by atoms with Gasteiger partial charge >= 0.3 is 0 Å². The van der Waals surface area contributed by atoms with Crippen LogP contribution >= 0.6 is 0 Å². The quantitative estimate of drug-likeness (QED) is 0.167. The summed E-state index contributed by atoms with van der Waals surface area (Å²) in [6.45, 7) is 0. The Bertz CT molecular complexity index is 3830. The summed E-state index contributed by atoms with van der Waals surface area (Å²) in [7, 11) is 0. The second-order valence-corrected chi connectivity index (χ2v) is 15.9. The van der Waals surface area contributed by atoms with Crippen molar-refractivity contribution < 1.29 is 8.83 Å². The van der Waals surface area contributed by atoms with E-state index in [-0.39, 0.29) is 0 Å². The van der Waals surface area contributed by atoms with E-state index in [2.05, 4.69) is 144 Å². The van der Waals surface area contributed by atoms with Crippen LogP contribution in [-0.2, 0) is 0 Å². The molecule has 0 aliphatic rings. The highest BCUT2D eigenvalue weighted by Crippen LogP contribution is 2.43. The standard InChI is InChI=1S/C57H34N4O2/c1-4-13-36(14-5-1)55-58-56(37-15-6-2-7-16-37)60-57(59-55)38-25-23-35(24-26-38)42-20-12-22-51-52(42)46-34-40(28-32-50(46)62-51)39-27-30-47-45(33-39)53-48(61(47)41-17-8-3-9-18-41)31-29-44-43-19-10-11-21-49(43)63-54(44)53/h1-34H. The number of benzene rings is 9. The van der Waals surface area contributed by atoms with E-state index in [4.69, 9.17) is 23.8 Å². The molecule has 294 valence electrons. The maximum absolute atomic E-state index is 6.66. The zero-order valence-corrected chi connectivity index (χ0v) is 33.7. The lowest BCUT2D eigenvalue weighted by Gasteiger charge is -2.09. The summed E-state index contributed by atoms with van der Waals surface area (Å²) in [6.07, 6.45) is 0. The Morgan fingerprint density at radius 1 is 0.317 bits per heavy atom. The highest BCUT2D eigenvalue weighted by Gasteiger charge is 2.21. The third kappa shape index (κ3) is 5.69.